The molecule has 0 radical (unpaired) electrons. The maximum atomic E-state index is 14.3. The average molecular weight is 458 g/mol. The molecular formula is C22H24FN5O3S. The maximum Gasteiger partial charge on any atom is 0.268 e. The summed E-state index contributed by atoms with van der Waals surface area (Å²) >= 11 is 0. The summed E-state index contributed by atoms with van der Waals surface area (Å²) in [5, 5.41) is 11.0. The number of rotatable bonds is 6. The van der Waals surface area contributed by atoms with E-state index in [9.17, 15) is 12.8 Å². The molecule has 0 aliphatic rings. The molecular weight excluding hydrogens is 433 g/mol. The van der Waals surface area contributed by atoms with Crippen molar-refractivity contribution in [3.05, 3.63) is 65.7 Å². The number of nitrogens with one attached hydrogen (secondary N) is 1. The van der Waals surface area contributed by atoms with Crippen LogP contribution in [-0.4, -0.2) is 41.9 Å². The number of aromatic nitrogens is 4. The van der Waals surface area contributed by atoms with E-state index in [1.54, 1.807) is 44.4 Å². The average Bonchev–Trinajstić information content (AvgIpc) is 3.25. The molecule has 2 heterocycles. The third-order valence-corrected chi connectivity index (χ3v) is 5.96. The Bertz CT molecular complexity index is 1400. The highest BCUT2D eigenvalue weighted by atomic mass is 32.2. The Morgan fingerprint density at radius 2 is 1.75 bits per heavy atom. The van der Waals surface area contributed by atoms with E-state index in [2.05, 4.69) is 25.5 Å². The van der Waals surface area contributed by atoms with Crippen LogP contribution in [0.1, 0.15) is 14.1 Å². The van der Waals surface area contributed by atoms with Crippen LogP contribution in [0.25, 0.3) is 34.3 Å². The van der Waals surface area contributed by atoms with E-state index in [0.717, 1.165) is 6.26 Å². The Balaban J connectivity index is 0.00000204. The van der Waals surface area contributed by atoms with Crippen LogP contribution in [0.5, 0.6) is 0 Å². The van der Waals surface area contributed by atoms with Crippen molar-refractivity contribution in [1.82, 2.24) is 25.5 Å². The van der Waals surface area contributed by atoms with Crippen molar-refractivity contribution in [2.45, 2.75) is 18.4 Å². The lowest BCUT2D eigenvalue weighted by Gasteiger charge is -2.06. The second kappa shape index (κ2) is 8.56. The van der Waals surface area contributed by atoms with Gasteiger partial charge in [-0.2, -0.15) is 0 Å². The van der Waals surface area contributed by atoms with Gasteiger partial charge in [-0.1, -0.05) is 18.2 Å². The van der Waals surface area contributed by atoms with Gasteiger partial charge in [0.1, 0.15) is 11.5 Å². The van der Waals surface area contributed by atoms with E-state index in [1.807, 2.05) is 0 Å². The zero-order chi connectivity index (χ0) is 22.9. The van der Waals surface area contributed by atoms with Crippen LogP contribution in [0.3, 0.4) is 0 Å². The number of hydrogen-bond acceptors (Lipinski definition) is 8. The lowest BCUT2D eigenvalue weighted by molar-refractivity contribution is 0.576. The minimum Gasteiger partial charge on any atom is -0.415 e. The Morgan fingerprint density at radius 1 is 1.06 bits per heavy atom. The number of nitrogens with zero attached hydrogens (tertiary/aromatic N) is 4. The summed E-state index contributed by atoms with van der Waals surface area (Å²) in [6, 6.07) is 11.1. The summed E-state index contributed by atoms with van der Waals surface area (Å²) in [6.45, 7) is 2.17. The van der Waals surface area contributed by atoms with Gasteiger partial charge in [0.2, 0.25) is 5.89 Å². The van der Waals surface area contributed by atoms with Crippen LogP contribution < -0.4 is 5.32 Å². The van der Waals surface area contributed by atoms with Crippen LogP contribution in [0, 0.1) is 12.7 Å². The highest BCUT2D eigenvalue weighted by molar-refractivity contribution is 7.90. The van der Waals surface area contributed by atoms with Gasteiger partial charge in [0.25, 0.3) is 5.89 Å². The molecule has 0 aliphatic carbocycles. The third kappa shape index (κ3) is 4.41. The normalized spacial score (nSPS) is 11.6. The zero-order valence-electron chi connectivity index (χ0n) is 17.6. The number of halogens is 1. The summed E-state index contributed by atoms with van der Waals surface area (Å²) in [7, 11) is -1.55. The monoisotopic (exact) mass is 457 g/mol. The number of hydrogen-bond donors (Lipinski definition) is 1. The molecule has 0 atom stereocenters. The van der Waals surface area contributed by atoms with Crippen LogP contribution in [0.15, 0.2) is 58.0 Å². The topological polar surface area (TPSA) is 111 Å². The Morgan fingerprint density at radius 3 is 2.41 bits per heavy atom. The largest absolute Gasteiger partial charge is 0.415 e. The second-order valence-electron chi connectivity index (χ2n) is 7.23. The van der Waals surface area contributed by atoms with Gasteiger partial charge < -0.3 is 9.73 Å². The maximum absolute atomic E-state index is 14.3. The molecule has 4 aromatic rings. The van der Waals surface area contributed by atoms with Gasteiger partial charge in [-0.3, -0.25) is 4.98 Å². The molecule has 2 aromatic carbocycles. The first-order valence-electron chi connectivity index (χ1n) is 9.67. The minimum atomic E-state index is -3.29. The Hall–Kier alpha value is -3.50. The summed E-state index contributed by atoms with van der Waals surface area (Å²) in [5.41, 5.74) is 3.17. The molecule has 0 saturated carbocycles. The smallest absolute Gasteiger partial charge is 0.268 e. The van der Waals surface area contributed by atoms with Gasteiger partial charge >= 0.3 is 0 Å². The number of benzene rings is 2. The number of sulfone groups is 1. The highest BCUT2D eigenvalue weighted by Gasteiger charge is 2.17. The van der Waals surface area contributed by atoms with Crippen molar-refractivity contribution >= 4 is 9.84 Å². The predicted octanol–water partition coefficient (Wildman–Crippen LogP) is 3.92. The molecule has 8 nitrogen and oxygen atoms in total. The Labute approximate surface area is 187 Å². The van der Waals surface area contributed by atoms with Crippen molar-refractivity contribution in [3.8, 4) is 34.3 Å². The third-order valence-electron chi connectivity index (χ3n) is 4.83. The van der Waals surface area contributed by atoms with Crippen molar-refractivity contribution in [2.24, 2.45) is 0 Å². The molecule has 0 aliphatic heterocycles. The predicted molar refractivity (Wildman–Crippen MR) is 121 cm³/mol. The Kier molecular flexibility index (Phi) is 5.81. The summed E-state index contributed by atoms with van der Waals surface area (Å²) in [6.07, 6.45) is 2.74. The van der Waals surface area contributed by atoms with Crippen LogP contribution >= 0.6 is 0 Å². The van der Waals surface area contributed by atoms with Gasteiger partial charge in [0.05, 0.1) is 22.5 Å². The van der Waals surface area contributed by atoms with E-state index >= 15 is 0 Å². The number of aryl methyl sites for hydroxylation is 1. The SMILES string of the molecule is CNCc1ccc(-c2nnc(-c3nc(-c4ccc(S(C)(=O)=O)cc4)cnc3C)o2)cc1F.[HH].[HH]. The molecule has 1 N–H and O–H groups in total. The molecule has 0 saturated heterocycles. The molecule has 10 heteroatoms. The van der Waals surface area contributed by atoms with E-state index in [-0.39, 0.29) is 25.3 Å². The summed E-state index contributed by atoms with van der Waals surface area (Å²) < 4.78 is 43.4. The molecule has 4 rings (SSSR count). The molecule has 168 valence electrons. The molecule has 0 spiro atoms. The van der Waals surface area contributed by atoms with Crippen molar-refractivity contribution in [3.63, 3.8) is 0 Å². The van der Waals surface area contributed by atoms with Crippen LogP contribution in [-0.2, 0) is 16.4 Å². The van der Waals surface area contributed by atoms with Gasteiger partial charge in [0, 0.05) is 32.3 Å². The molecule has 0 unspecified atom stereocenters. The van der Waals surface area contributed by atoms with E-state index in [1.165, 1.54) is 18.2 Å². The van der Waals surface area contributed by atoms with E-state index in [0.29, 0.717) is 40.3 Å². The van der Waals surface area contributed by atoms with Gasteiger partial charge in [-0.25, -0.2) is 17.8 Å². The lowest BCUT2D eigenvalue weighted by Crippen LogP contribution is -2.06. The van der Waals surface area contributed by atoms with Crippen molar-refractivity contribution in [2.75, 3.05) is 13.3 Å². The standard InChI is InChI=1S/C22H20FN5O3S.2H2/c1-13-20(26-19(12-25-13)14-6-8-17(9-7-14)32(3,29)30)22-28-27-21(31-22)15-4-5-16(11-24-2)18(23)10-15;;/h4-10,12,24H,11H2,1-3H3;2*1H. The van der Waals surface area contributed by atoms with Crippen molar-refractivity contribution < 1.29 is 20.1 Å². The zero-order valence-corrected chi connectivity index (χ0v) is 18.4. The van der Waals surface area contributed by atoms with Gasteiger partial charge in [0.15, 0.2) is 9.84 Å². The van der Waals surface area contributed by atoms with Gasteiger partial charge in [-0.05, 0) is 38.2 Å². The lowest BCUT2D eigenvalue weighted by atomic mass is 10.1. The van der Waals surface area contributed by atoms with E-state index < -0.39 is 9.84 Å². The molecule has 0 bridgehead atoms. The first-order valence-corrected chi connectivity index (χ1v) is 11.6. The molecule has 32 heavy (non-hydrogen) atoms. The minimum absolute atomic E-state index is 0. The summed E-state index contributed by atoms with van der Waals surface area (Å²) in [4.78, 5) is 9.15. The quantitative estimate of drug-likeness (QED) is 0.464. The molecule has 0 fully saturated rings. The van der Waals surface area contributed by atoms with E-state index in [4.69, 9.17) is 4.42 Å². The molecule has 0 amide bonds. The first-order chi connectivity index (χ1) is 15.3. The van der Waals surface area contributed by atoms with Crippen LogP contribution in [0.4, 0.5) is 4.39 Å². The summed E-state index contributed by atoms with van der Waals surface area (Å²) in [5.74, 6) is -0.0505. The van der Waals surface area contributed by atoms with Gasteiger partial charge in [-0.15, -0.1) is 10.2 Å². The highest BCUT2D eigenvalue weighted by Crippen LogP contribution is 2.28. The van der Waals surface area contributed by atoms with Crippen molar-refractivity contribution in [1.29, 1.82) is 0 Å². The fourth-order valence-electron chi connectivity index (χ4n) is 3.11. The van der Waals surface area contributed by atoms with Crippen LogP contribution in [0.2, 0.25) is 0 Å². The first kappa shape index (κ1) is 21.7. The molecule has 2 aromatic heterocycles. The fourth-order valence-corrected chi connectivity index (χ4v) is 3.74. The second-order valence-corrected chi connectivity index (χ2v) is 9.25. The fraction of sp³-hybridized carbons (Fsp3) is 0.182.